The molecule has 2 aromatic rings. The molecule has 1 saturated carbocycles. The lowest BCUT2D eigenvalue weighted by Gasteiger charge is -2.53. The van der Waals surface area contributed by atoms with E-state index in [0.29, 0.717) is 4.90 Å². The average Bonchev–Trinajstić information content (AvgIpc) is 2.67. The summed E-state index contributed by atoms with van der Waals surface area (Å²) in [5, 5.41) is 0. The first-order valence-corrected chi connectivity index (χ1v) is 10.2. The number of nitrogens with zero attached hydrogens (tertiary/aromatic N) is 3. The van der Waals surface area contributed by atoms with Gasteiger partial charge < -0.3 is 4.90 Å². The van der Waals surface area contributed by atoms with Crippen molar-refractivity contribution in [2.45, 2.75) is 36.6 Å². The highest BCUT2D eigenvalue weighted by Crippen LogP contribution is 2.49. The van der Waals surface area contributed by atoms with Crippen LogP contribution in [0.1, 0.15) is 25.7 Å². The van der Waals surface area contributed by atoms with Gasteiger partial charge in [-0.15, -0.1) is 0 Å². The van der Waals surface area contributed by atoms with E-state index in [1.54, 1.807) is 36.7 Å². The fourth-order valence-electron chi connectivity index (χ4n) is 3.94. The molecule has 2 heterocycles. The number of hydrogen-bond donors (Lipinski definition) is 1. The highest BCUT2D eigenvalue weighted by Gasteiger charge is 2.49. The predicted octanol–water partition coefficient (Wildman–Crippen LogP) is 2.20. The first-order valence-electron chi connectivity index (χ1n) is 8.68. The first-order chi connectivity index (χ1) is 12.1. The molecule has 0 amide bonds. The Labute approximate surface area is 148 Å². The van der Waals surface area contributed by atoms with E-state index in [1.807, 2.05) is 12.1 Å². The van der Waals surface area contributed by atoms with Crippen LogP contribution >= 0.6 is 0 Å². The fraction of sp³-hybridized carbons (Fsp3) is 0.444. The van der Waals surface area contributed by atoms with Gasteiger partial charge in [0.05, 0.1) is 4.90 Å². The third-order valence-corrected chi connectivity index (χ3v) is 7.10. The van der Waals surface area contributed by atoms with Gasteiger partial charge in [0.1, 0.15) is 0 Å². The molecule has 1 spiro atoms. The van der Waals surface area contributed by atoms with E-state index in [0.717, 1.165) is 44.7 Å². The normalized spacial score (nSPS) is 22.6. The maximum Gasteiger partial charge on any atom is 0.240 e. The quantitative estimate of drug-likeness (QED) is 0.907. The summed E-state index contributed by atoms with van der Waals surface area (Å²) < 4.78 is 28.2. The second kappa shape index (κ2) is 6.38. The monoisotopic (exact) mass is 358 g/mol. The number of benzene rings is 1. The molecule has 1 atom stereocenters. The summed E-state index contributed by atoms with van der Waals surface area (Å²) >= 11 is 0. The standard InChI is InChI=1S/C18H22N4O2S/c23-25(24,15-5-2-1-3-6-15)21-16-7-8-18(16)9-13-22(14-10-18)17-19-11-4-12-20-17/h1-6,11-12,16,21H,7-10,13-14H2/t16-/m0/s1. The van der Waals surface area contributed by atoms with E-state index in [-0.39, 0.29) is 11.5 Å². The Morgan fingerprint density at radius 2 is 1.68 bits per heavy atom. The lowest BCUT2D eigenvalue weighted by Crippen LogP contribution is -2.59. The summed E-state index contributed by atoms with van der Waals surface area (Å²) in [5.41, 5.74) is 0.0765. The molecule has 7 heteroatoms. The first kappa shape index (κ1) is 16.5. The van der Waals surface area contributed by atoms with Gasteiger partial charge in [-0.05, 0) is 49.3 Å². The number of piperidine rings is 1. The molecule has 0 radical (unpaired) electrons. The maximum absolute atomic E-state index is 12.6. The minimum absolute atomic E-state index is 0.0246. The largest absolute Gasteiger partial charge is 0.341 e. The molecule has 0 bridgehead atoms. The Kier molecular flexibility index (Phi) is 4.21. The smallest absolute Gasteiger partial charge is 0.240 e. The van der Waals surface area contributed by atoms with Crippen molar-refractivity contribution < 1.29 is 8.42 Å². The molecule has 1 aromatic heterocycles. The summed E-state index contributed by atoms with van der Waals surface area (Å²) in [5.74, 6) is 0.762. The van der Waals surface area contributed by atoms with E-state index >= 15 is 0 Å². The van der Waals surface area contributed by atoms with Gasteiger partial charge in [0.25, 0.3) is 0 Å². The van der Waals surface area contributed by atoms with Crippen molar-refractivity contribution >= 4 is 16.0 Å². The third-order valence-electron chi connectivity index (χ3n) is 5.62. The summed E-state index contributed by atoms with van der Waals surface area (Å²) in [7, 11) is -3.45. The molecule has 6 nitrogen and oxygen atoms in total. The number of sulfonamides is 1. The van der Waals surface area contributed by atoms with E-state index in [2.05, 4.69) is 19.6 Å². The number of aromatic nitrogens is 2. The predicted molar refractivity (Wildman–Crippen MR) is 95.7 cm³/mol. The van der Waals surface area contributed by atoms with Gasteiger partial charge in [0.2, 0.25) is 16.0 Å². The molecule has 1 aliphatic heterocycles. The van der Waals surface area contributed by atoms with Crippen molar-refractivity contribution in [2.24, 2.45) is 5.41 Å². The maximum atomic E-state index is 12.6. The van der Waals surface area contributed by atoms with Crippen LogP contribution in [0.25, 0.3) is 0 Å². The molecular weight excluding hydrogens is 336 g/mol. The van der Waals surface area contributed by atoms with E-state index in [4.69, 9.17) is 0 Å². The number of rotatable bonds is 4. The lowest BCUT2D eigenvalue weighted by molar-refractivity contribution is 0.0506. The van der Waals surface area contributed by atoms with Gasteiger partial charge in [-0.2, -0.15) is 0 Å². The molecule has 4 rings (SSSR count). The number of nitrogens with one attached hydrogen (secondary N) is 1. The zero-order valence-electron chi connectivity index (χ0n) is 14.0. The van der Waals surface area contributed by atoms with E-state index in [9.17, 15) is 8.42 Å². The minimum atomic E-state index is -3.45. The molecule has 1 aliphatic carbocycles. The van der Waals surface area contributed by atoms with Crippen LogP contribution in [0.2, 0.25) is 0 Å². The summed E-state index contributed by atoms with van der Waals surface area (Å²) in [4.78, 5) is 11.2. The van der Waals surface area contributed by atoms with Crippen molar-refractivity contribution in [1.82, 2.24) is 14.7 Å². The summed E-state index contributed by atoms with van der Waals surface area (Å²) in [6, 6.07) is 10.5. The van der Waals surface area contributed by atoms with Crippen LogP contribution < -0.4 is 9.62 Å². The highest BCUT2D eigenvalue weighted by atomic mass is 32.2. The van der Waals surface area contributed by atoms with Gasteiger partial charge in [-0.3, -0.25) is 0 Å². The topological polar surface area (TPSA) is 75.2 Å². The van der Waals surface area contributed by atoms with E-state index < -0.39 is 10.0 Å². The van der Waals surface area contributed by atoms with Crippen molar-refractivity contribution in [2.75, 3.05) is 18.0 Å². The minimum Gasteiger partial charge on any atom is -0.341 e. The summed E-state index contributed by atoms with van der Waals surface area (Å²) in [6.45, 7) is 1.74. The Morgan fingerprint density at radius 3 is 2.28 bits per heavy atom. The van der Waals surface area contributed by atoms with Gasteiger partial charge >= 0.3 is 0 Å². The van der Waals surface area contributed by atoms with Gasteiger partial charge in [0, 0.05) is 31.5 Å². The number of anilines is 1. The van der Waals surface area contributed by atoms with Crippen molar-refractivity contribution in [1.29, 1.82) is 0 Å². The van der Waals surface area contributed by atoms with Crippen LogP contribution in [0.5, 0.6) is 0 Å². The van der Waals surface area contributed by atoms with Gasteiger partial charge in [0.15, 0.2) is 0 Å². The Morgan fingerprint density at radius 1 is 1.00 bits per heavy atom. The van der Waals surface area contributed by atoms with E-state index in [1.165, 1.54) is 0 Å². The average molecular weight is 358 g/mol. The molecular formula is C18H22N4O2S. The van der Waals surface area contributed by atoms with Crippen molar-refractivity contribution in [3.63, 3.8) is 0 Å². The molecule has 2 fully saturated rings. The fourth-order valence-corrected chi connectivity index (χ4v) is 5.33. The van der Waals surface area contributed by atoms with Crippen LogP contribution in [0.3, 0.4) is 0 Å². The summed E-state index contributed by atoms with van der Waals surface area (Å²) in [6.07, 6.45) is 7.44. The zero-order valence-corrected chi connectivity index (χ0v) is 14.8. The Hall–Kier alpha value is -1.99. The second-order valence-corrected chi connectivity index (χ2v) is 8.64. The molecule has 1 aromatic carbocycles. The third kappa shape index (κ3) is 3.14. The lowest BCUT2D eigenvalue weighted by atomic mass is 9.60. The number of hydrogen-bond acceptors (Lipinski definition) is 5. The molecule has 0 unspecified atom stereocenters. The van der Waals surface area contributed by atoms with Gasteiger partial charge in [-0.25, -0.2) is 23.1 Å². The zero-order chi connectivity index (χ0) is 17.3. The molecule has 1 N–H and O–H groups in total. The highest BCUT2D eigenvalue weighted by molar-refractivity contribution is 7.89. The SMILES string of the molecule is O=S(=O)(N[C@H]1CCC12CCN(c1ncccn1)CC2)c1ccccc1. The molecule has 1 saturated heterocycles. The van der Waals surface area contributed by atoms with Crippen LogP contribution in [0.4, 0.5) is 5.95 Å². The molecule has 25 heavy (non-hydrogen) atoms. The van der Waals surface area contributed by atoms with Crippen LogP contribution in [0, 0.1) is 5.41 Å². The van der Waals surface area contributed by atoms with Crippen molar-refractivity contribution in [3.05, 3.63) is 48.8 Å². The van der Waals surface area contributed by atoms with Crippen LogP contribution in [-0.2, 0) is 10.0 Å². The van der Waals surface area contributed by atoms with Crippen LogP contribution in [0.15, 0.2) is 53.7 Å². The van der Waals surface area contributed by atoms with Crippen molar-refractivity contribution in [3.8, 4) is 0 Å². The Bertz CT molecular complexity index is 819. The van der Waals surface area contributed by atoms with Gasteiger partial charge in [-0.1, -0.05) is 18.2 Å². The Balaban J connectivity index is 1.43. The van der Waals surface area contributed by atoms with Crippen LogP contribution in [-0.4, -0.2) is 37.5 Å². The molecule has 132 valence electrons. The molecule has 2 aliphatic rings. The second-order valence-electron chi connectivity index (χ2n) is 6.92.